The molecule has 3 fully saturated rings. The molecule has 3 aromatic carbocycles. The molecule has 5 aliphatic rings. The van der Waals surface area contributed by atoms with E-state index < -0.39 is 0 Å². The predicted octanol–water partition coefficient (Wildman–Crippen LogP) is 7.78. The number of nitrogens with one attached hydrogen (secondary N) is 3. The van der Waals surface area contributed by atoms with Gasteiger partial charge in [0.2, 0.25) is 5.36 Å². The highest BCUT2D eigenvalue weighted by Crippen LogP contribution is 2.42. The molecule has 0 radical (unpaired) electrons. The molecule has 0 saturated carbocycles. The Balaban J connectivity index is 1.05. The van der Waals surface area contributed by atoms with E-state index in [0.717, 1.165) is 98.1 Å². The Morgan fingerprint density at radius 1 is 0.724 bits per heavy atom. The molecule has 3 saturated heterocycles. The van der Waals surface area contributed by atoms with Crippen LogP contribution in [0.4, 0.5) is 17.1 Å². The second-order valence-electron chi connectivity index (χ2n) is 15.9. The lowest BCUT2D eigenvalue weighted by molar-refractivity contribution is 0.123. The van der Waals surface area contributed by atoms with Crippen molar-refractivity contribution in [1.29, 1.82) is 0 Å². The quantitative estimate of drug-likeness (QED) is 0.0747. The van der Waals surface area contributed by atoms with Crippen LogP contribution in [-0.2, 0) is 6.54 Å². The van der Waals surface area contributed by atoms with Crippen molar-refractivity contribution in [3.8, 4) is 22.5 Å². The molecular weight excluding hydrogens is 737 g/mol. The van der Waals surface area contributed by atoms with Gasteiger partial charge in [-0.2, -0.15) is 0 Å². The molecule has 0 aromatic heterocycles. The Kier molecular flexibility index (Phi) is 14.5. The number of benzene rings is 4. The molecule has 3 aromatic rings. The SMILES string of the molecule is CCN(CC)c1ccc2c(-c3ccc(NC(=S)Nc4ccc(CN5CCCN6CCN(CCCNCC5)CC6)cc4)cc3C)c3ccc(=[N+](CC)CC)cc-3oc2c1. The zero-order valence-electron chi connectivity index (χ0n) is 35.6. The van der Waals surface area contributed by atoms with Crippen LogP contribution in [0.25, 0.3) is 33.4 Å². The summed E-state index contributed by atoms with van der Waals surface area (Å²) in [6.45, 7) is 27.3. The van der Waals surface area contributed by atoms with E-state index in [4.69, 9.17) is 16.6 Å². The molecule has 308 valence electrons. The predicted molar refractivity (Wildman–Crippen MR) is 249 cm³/mol. The minimum Gasteiger partial charge on any atom is -0.456 e. The zero-order valence-corrected chi connectivity index (χ0v) is 36.4. The minimum atomic E-state index is 0.573. The molecule has 9 nitrogen and oxygen atoms in total. The van der Waals surface area contributed by atoms with Crippen LogP contribution >= 0.6 is 12.2 Å². The van der Waals surface area contributed by atoms with Gasteiger partial charge in [0.05, 0.1) is 6.07 Å². The summed E-state index contributed by atoms with van der Waals surface area (Å²) in [5.41, 5.74) is 9.97. The number of fused-ring (bicyclic) bond motifs is 13. The average molecular weight is 802 g/mol. The monoisotopic (exact) mass is 801 g/mol. The van der Waals surface area contributed by atoms with E-state index in [1.165, 1.54) is 79.8 Å². The lowest BCUT2D eigenvalue weighted by atomic mass is 9.91. The maximum Gasteiger partial charge on any atom is 0.203 e. The highest BCUT2D eigenvalue weighted by Gasteiger charge is 2.21. The molecule has 0 atom stereocenters. The Bertz CT molecular complexity index is 2160. The standard InChI is InChI=1S/C48H64N8OS/c1-6-55(7-2)40-17-20-43-45(33-40)57-46-34-41(56(8-3)9-4)18-21-44(46)47(43)42-19-16-39(32-36(42)5)51-48(58)50-38-14-12-37(13-15-38)35-54-26-11-25-53-30-28-52(29-31-53)24-10-22-49-23-27-54/h12-21,32-34,49H,6-11,22-31,35H2,1-5H3,(H,50,58)/p+1. The fourth-order valence-corrected chi connectivity index (χ4v) is 9.05. The number of hydrogen-bond acceptors (Lipinski definition) is 7. The molecule has 2 bridgehead atoms. The van der Waals surface area contributed by atoms with E-state index in [1.807, 2.05) is 0 Å². The fourth-order valence-electron chi connectivity index (χ4n) is 8.81. The molecule has 4 aliphatic heterocycles. The van der Waals surface area contributed by atoms with Crippen molar-refractivity contribution in [2.45, 2.75) is 54.0 Å². The van der Waals surface area contributed by atoms with Gasteiger partial charge in [-0.05, 0) is 145 Å². The Hall–Kier alpha value is -4.32. The van der Waals surface area contributed by atoms with Crippen LogP contribution in [0.5, 0.6) is 0 Å². The first-order chi connectivity index (χ1) is 28.3. The van der Waals surface area contributed by atoms with Crippen LogP contribution in [-0.4, -0.2) is 111 Å². The first-order valence-electron chi connectivity index (χ1n) is 21.8. The van der Waals surface area contributed by atoms with Gasteiger partial charge >= 0.3 is 0 Å². The molecular formula is C48H65N8OS+. The number of thiocarbonyl (C=S) groups is 1. The van der Waals surface area contributed by atoms with Gasteiger partial charge in [0, 0.05) is 105 Å². The van der Waals surface area contributed by atoms with Crippen LogP contribution in [0.3, 0.4) is 0 Å². The van der Waals surface area contributed by atoms with Gasteiger partial charge < -0.3 is 35.1 Å². The van der Waals surface area contributed by atoms with Gasteiger partial charge in [-0.1, -0.05) is 18.2 Å². The third-order valence-electron chi connectivity index (χ3n) is 12.2. The molecule has 3 N–H and O–H groups in total. The van der Waals surface area contributed by atoms with Crippen molar-refractivity contribution in [2.24, 2.45) is 0 Å². The van der Waals surface area contributed by atoms with Gasteiger partial charge in [-0.15, -0.1) is 0 Å². The van der Waals surface area contributed by atoms with Crippen LogP contribution in [0, 0.1) is 6.92 Å². The van der Waals surface area contributed by atoms with Crippen LogP contribution in [0.1, 0.15) is 51.7 Å². The Morgan fingerprint density at radius 2 is 1.41 bits per heavy atom. The van der Waals surface area contributed by atoms with E-state index in [1.54, 1.807) is 0 Å². The summed E-state index contributed by atoms with van der Waals surface area (Å²) >= 11 is 5.83. The molecule has 8 rings (SSSR count). The number of rotatable bonds is 10. The van der Waals surface area contributed by atoms with Gasteiger partial charge in [-0.25, -0.2) is 4.58 Å². The normalized spacial score (nSPS) is 18.2. The van der Waals surface area contributed by atoms with Crippen LogP contribution < -0.4 is 30.8 Å². The van der Waals surface area contributed by atoms with Crippen molar-refractivity contribution < 1.29 is 4.42 Å². The lowest BCUT2D eigenvalue weighted by Gasteiger charge is -2.35. The maximum absolute atomic E-state index is 6.73. The van der Waals surface area contributed by atoms with Crippen molar-refractivity contribution in [1.82, 2.24) is 24.6 Å². The molecule has 0 spiro atoms. The molecule has 0 unspecified atom stereocenters. The fraction of sp³-hybridized carbons (Fsp3) is 0.458. The Morgan fingerprint density at radius 3 is 2.12 bits per heavy atom. The lowest BCUT2D eigenvalue weighted by Crippen LogP contribution is -2.47. The summed E-state index contributed by atoms with van der Waals surface area (Å²) in [6.07, 6.45) is 2.44. The maximum atomic E-state index is 6.73. The smallest absolute Gasteiger partial charge is 0.203 e. The summed E-state index contributed by atoms with van der Waals surface area (Å²) in [6, 6.07) is 28.6. The number of nitrogens with zero attached hydrogens (tertiary/aromatic N) is 5. The van der Waals surface area contributed by atoms with Gasteiger partial charge in [0.25, 0.3) is 0 Å². The third-order valence-corrected chi connectivity index (χ3v) is 12.4. The van der Waals surface area contributed by atoms with E-state index >= 15 is 0 Å². The van der Waals surface area contributed by atoms with Crippen LogP contribution in [0.2, 0.25) is 0 Å². The van der Waals surface area contributed by atoms with Gasteiger partial charge in [0.15, 0.2) is 5.11 Å². The first-order valence-corrected chi connectivity index (χ1v) is 22.3. The average Bonchev–Trinajstić information content (AvgIpc) is 3.23. The second kappa shape index (κ2) is 20.1. The highest BCUT2D eigenvalue weighted by molar-refractivity contribution is 7.80. The highest BCUT2D eigenvalue weighted by atomic mass is 32.1. The summed E-state index contributed by atoms with van der Waals surface area (Å²) in [5.74, 6) is 0.895. The van der Waals surface area contributed by atoms with Crippen molar-refractivity contribution in [3.63, 3.8) is 0 Å². The topological polar surface area (TPSA) is 65.2 Å². The summed E-state index contributed by atoms with van der Waals surface area (Å²) in [4.78, 5) is 10.3. The number of anilines is 3. The Labute approximate surface area is 352 Å². The third kappa shape index (κ3) is 10.3. The molecule has 0 amide bonds. The number of piperazine rings is 1. The van der Waals surface area contributed by atoms with Crippen LogP contribution in [0.15, 0.2) is 83.3 Å². The number of aryl methyl sites for hydroxylation is 1. The molecule has 4 heterocycles. The van der Waals surface area contributed by atoms with E-state index in [0.29, 0.717) is 5.11 Å². The minimum absolute atomic E-state index is 0.573. The molecule has 10 heteroatoms. The summed E-state index contributed by atoms with van der Waals surface area (Å²) in [5, 5.41) is 13.4. The summed E-state index contributed by atoms with van der Waals surface area (Å²) in [7, 11) is 0. The first kappa shape index (κ1) is 41.8. The van der Waals surface area contributed by atoms with E-state index in [2.05, 4.69) is 154 Å². The van der Waals surface area contributed by atoms with Crippen molar-refractivity contribution in [3.05, 3.63) is 95.3 Å². The molecule has 1 aliphatic carbocycles. The second-order valence-corrected chi connectivity index (χ2v) is 16.3. The van der Waals surface area contributed by atoms with Crippen molar-refractivity contribution >= 4 is 45.4 Å². The van der Waals surface area contributed by atoms with Gasteiger partial charge in [-0.3, -0.25) is 4.90 Å². The van der Waals surface area contributed by atoms with Gasteiger partial charge in [0.1, 0.15) is 24.4 Å². The summed E-state index contributed by atoms with van der Waals surface area (Å²) < 4.78 is 9.09. The number of hydrogen-bond donors (Lipinski definition) is 3. The largest absolute Gasteiger partial charge is 0.456 e. The zero-order chi connectivity index (χ0) is 40.4. The van der Waals surface area contributed by atoms with Crippen molar-refractivity contribution in [2.75, 3.05) is 107 Å². The van der Waals surface area contributed by atoms with E-state index in [9.17, 15) is 0 Å². The van der Waals surface area contributed by atoms with E-state index in [-0.39, 0.29) is 0 Å². The molecule has 58 heavy (non-hydrogen) atoms.